The molecule has 0 spiro atoms. The Balaban J connectivity index is 2.01. The molecule has 1 amide bonds. The number of methoxy groups -OCH3 is 1. The van der Waals surface area contributed by atoms with Crippen molar-refractivity contribution < 1.29 is 14.6 Å². The van der Waals surface area contributed by atoms with E-state index >= 15 is 0 Å². The van der Waals surface area contributed by atoms with Crippen LogP contribution in [-0.2, 0) is 11.2 Å². The molecular formula is C15H16N2O3. The number of hydrogen-bond acceptors (Lipinski definition) is 4. The summed E-state index contributed by atoms with van der Waals surface area (Å²) in [5.41, 5.74) is 7.40. The van der Waals surface area contributed by atoms with Crippen LogP contribution in [0.1, 0.15) is 5.56 Å². The highest BCUT2D eigenvalue weighted by Gasteiger charge is 2.07. The summed E-state index contributed by atoms with van der Waals surface area (Å²) in [7, 11) is 1.59. The van der Waals surface area contributed by atoms with Crippen molar-refractivity contribution in [3.05, 3.63) is 48.0 Å². The molecule has 2 aromatic rings. The van der Waals surface area contributed by atoms with Gasteiger partial charge in [-0.05, 0) is 29.8 Å². The number of phenols is 1. The standard InChI is InChI=1S/C15H16N2O3/c1-20-12-5-2-10(3-6-12)8-15(19)17-14-7-4-11(18)9-13(14)16/h2-7,9,18H,8,16H2,1H3,(H,17,19). The normalized spacial score (nSPS) is 10.1. The number of phenolic OH excluding ortho intramolecular Hbond substituents is 1. The van der Waals surface area contributed by atoms with Gasteiger partial charge in [0.2, 0.25) is 5.91 Å². The lowest BCUT2D eigenvalue weighted by atomic mass is 10.1. The lowest BCUT2D eigenvalue weighted by molar-refractivity contribution is -0.115. The molecule has 0 atom stereocenters. The summed E-state index contributed by atoms with van der Waals surface area (Å²) in [6.07, 6.45) is 0.240. The van der Waals surface area contributed by atoms with Crippen molar-refractivity contribution in [3.63, 3.8) is 0 Å². The number of rotatable bonds is 4. The maximum absolute atomic E-state index is 11.9. The lowest BCUT2D eigenvalue weighted by Crippen LogP contribution is -2.15. The summed E-state index contributed by atoms with van der Waals surface area (Å²) >= 11 is 0. The fourth-order valence-corrected chi connectivity index (χ4v) is 1.79. The Kier molecular flexibility index (Phi) is 4.10. The van der Waals surface area contributed by atoms with Gasteiger partial charge in [0.1, 0.15) is 11.5 Å². The zero-order valence-electron chi connectivity index (χ0n) is 11.1. The number of carbonyl (C=O) groups is 1. The Bertz CT molecular complexity index is 609. The molecule has 0 radical (unpaired) electrons. The van der Waals surface area contributed by atoms with Crippen LogP contribution >= 0.6 is 0 Å². The van der Waals surface area contributed by atoms with Crippen LogP contribution in [-0.4, -0.2) is 18.1 Å². The Labute approximate surface area is 117 Å². The van der Waals surface area contributed by atoms with Crippen molar-refractivity contribution in [1.29, 1.82) is 0 Å². The molecule has 0 aromatic heterocycles. The van der Waals surface area contributed by atoms with Crippen molar-refractivity contribution in [1.82, 2.24) is 0 Å². The molecule has 0 bridgehead atoms. The number of hydrogen-bond donors (Lipinski definition) is 3. The van der Waals surface area contributed by atoms with Crippen LogP contribution in [0.4, 0.5) is 11.4 Å². The first-order valence-electron chi connectivity index (χ1n) is 6.10. The topological polar surface area (TPSA) is 84.6 Å². The number of nitrogens with one attached hydrogen (secondary N) is 1. The third-order valence-corrected chi connectivity index (χ3v) is 2.83. The number of benzene rings is 2. The fraction of sp³-hybridized carbons (Fsp3) is 0.133. The summed E-state index contributed by atoms with van der Waals surface area (Å²) in [5, 5.41) is 12.0. The molecule has 0 aliphatic rings. The van der Waals surface area contributed by atoms with Crippen molar-refractivity contribution in [2.24, 2.45) is 0 Å². The third kappa shape index (κ3) is 3.41. The van der Waals surface area contributed by atoms with E-state index in [4.69, 9.17) is 10.5 Å². The molecule has 0 fully saturated rings. The Hall–Kier alpha value is -2.69. The molecule has 0 heterocycles. The summed E-state index contributed by atoms with van der Waals surface area (Å²) in [6.45, 7) is 0. The molecular weight excluding hydrogens is 256 g/mol. The van der Waals surface area contributed by atoms with Crippen LogP contribution in [0.2, 0.25) is 0 Å². The minimum atomic E-state index is -0.174. The first-order chi connectivity index (χ1) is 9.58. The molecule has 5 nitrogen and oxygen atoms in total. The highest BCUT2D eigenvalue weighted by molar-refractivity contribution is 5.95. The van der Waals surface area contributed by atoms with Gasteiger partial charge in [0.15, 0.2) is 0 Å². The minimum absolute atomic E-state index is 0.0654. The molecule has 5 heteroatoms. The lowest BCUT2D eigenvalue weighted by Gasteiger charge is -2.09. The van der Waals surface area contributed by atoms with Gasteiger partial charge in [-0.15, -0.1) is 0 Å². The van der Waals surface area contributed by atoms with Gasteiger partial charge in [-0.2, -0.15) is 0 Å². The predicted octanol–water partition coefficient (Wildman–Crippen LogP) is 2.16. The van der Waals surface area contributed by atoms with E-state index in [0.29, 0.717) is 11.4 Å². The van der Waals surface area contributed by atoms with Crippen LogP contribution < -0.4 is 15.8 Å². The minimum Gasteiger partial charge on any atom is -0.508 e. The van der Waals surface area contributed by atoms with Crippen molar-refractivity contribution >= 4 is 17.3 Å². The maximum Gasteiger partial charge on any atom is 0.228 e. The van der Waals surface area contributed by atoms with Gasteiger partial charge in [-0.3, -0.25) is 4.79 Å². The van der Waals surface area contributed by atoms with E-state index in [1.807, 2.05) is 12.1 Å². The number of carbonyl (C=O) groups excluding carboxylic acids is 1. The van der Waals surface area contributed by atoms with Gasteiger partial charge in [-0.1, -0.05) is 12.1 Å². The Morgan fingerprint density at radius 1 is 1.25 bits per heavy atom. The fourth-order valence-electron chi connectivity index (χ4n) is 1.79. The third-order valence-electron chi connectivity index (χ3n) is 2.83. The quantitative estimate of drug-likeness (QED) is 0.588. The molecule has 20 heavy (non-hydrogen) atoms. The zero-order valence-corrected chi connectivity index (χ0v) is 11.1. The van der Waals surface area contributed by atoms with Crippen LogP contribution in [0.15, 0.2) is 42.5 Å². The number of anilines is 2. The molecule has 0 saturated carbocycles. The van der Waals surface area contributed by atoms with E-state index in [9.17, 15) is 9.90 Å². The summed E-state index contributed by atoms with van der Waals surface area (Å²) in [5.74, 6) is 0.639. The first-order valence-corrected chi connectivity index (χ1v) is 6.10. The summed E-state index contributed by atoms with van der Waals surface area (Å²) in [4.78, 5) is 11.9. The highest BCUT2D eigenvalue weighted by Crippen LogP contribution is 2.23. The molecule has 4 N–H and O–H groups in total. The van der Waals surface area contributed by atoms with Gasteiger partial charge < -0.3 is 20.9 Å². The zero-order chi connectivity index (χ0) is 14.5. The van der Waals surface area contributed by atoms with Crippen molar-refractivity contribution in [2.45, 2.75) is 6.42 Å². The van der Waals surface area contributed by atoms with E-state index < -0.39 is 0 Å². The molecule has 2 aromatic carbocycles. The predicted molar refractivity (Wildman–Crippen MR) is 77.8 cm³/mol. The van der Waals surface area contributed by atoms with Gasteiger partial charge in [0.25, 0.3) is 0 Å². The average molecular weight is 272 g/mol. The van der Waals surface area contributed by atoms with Crippen LogP contribution in [0.25, 0.3) is 0 Å². The first kappa shape index (κ1) is 13.7. The second-order valence-corrected chi connectivity index (χ2v) is 4.34. The van der Waals surface area contributed by atoms with Crippen LogP contribution in [0.5, 0.6) is 11.5 Å². The second-order valence-electron chi connectivity index (χ2n) is 4.34. The summed E-state index contributed by atoms with van der Waals surface area (Å²) < 4.78 is 5.06. The number of nitrogen functional groups attached to an aromatic ring is 1. The van der Waals surface area contributed by atoms with Gasteiger partial charge in [0.05, 0.1) is 24.9 Å². The highest BCUT2D eigenvalue weighted by atomic mass is 16.5. The molecule has 0 aliphatic carbocycles. The largest absolute Gasteiger partial charge is 0.508 e. The van der Waals surface area contributed by atoms with Crippen LogP contribution in [0.3, 0.4) is 0 Å². The van der Waals surface area contributed by atoms with E-state index in [0.717, 1.165) is 11.3 Å². The number of ether oxygens (including phenoxy) is 1. The molecule has 0 aliphatic heterocycles. The van der Waals surface area contributed by atoms with Gasteiger partial charge >= 0.3 is 0 Å². The van der Waals surface area contributed by atoms with Crippen LogP contribution in [0, 0.1) is 0 Å². The smallest absolute Gasteiger partial charge is 0.228 e. The molecule has 2 rings (SSSR count). The van der Waals surface area contributed by atoms with E-state index in [-0.39, 0.29) is 18.1 Å². The number of aromatic hydroxyl groups is 1. The average Bonchev–Trinajstić information content (AvgIpc) is 2.43. The van der Waals surface area contributed by atoms with E-state index in [1.54, 1.807) is 25.3 Å². The van der Waals surface area contributed by atoms with Gasteiger partial charge in [-0.25, -0.2) is 0 Å². The Morgan fingerprint density at radius 3 is 2.55 bits per heavy atom. The number of amides is 1. The van der Waals surface area contributed by atoms with Crippen molar-refractivity contribution in [2.75, 3.05) is 18.2 Å². The molecule has 0 unspecified atom stereocenters. The van der Waals surface area contributed by atoms with Gasteiger partial charge in [0, 0.05) is 6.07 Å². The second kappa shape index (κ2) is 5.97. The summed E-state index contributed by atoms with van der Waals surface area (Å²) in [6, 6.07) is 11.7. The Morgan fingerprint density at radius 2 is 1.95 bits per heavy atom. The maximum atomic E-state index is 11.9. The SMILES string of the molecule is COc1ccc(CC(=O)Nc2ccc(O)cc2N)cc1. The van der Waals surface area contributed by atoms with E-state index in [1.165, 1.54) is 12.1 Å². The monoisotopic (exact) mass is 272 g/mol. The van der Waals surface area contributed by atoms with Crippen molar-refractivity contribution in [3.8, 4) is 11.5 Å². The molecule has 0 saturated heterocycles. The molecule has 104 valence electrons. The number of nitrogens with two attached hydrogens (primary N) is 1. The van der Waals surface area contributed by atoms with E-state index in [2.05, 4.69) is 5.32 Å².